The highest BCUT2D eigenvalue weighted by atomic mass is 32.1. The second kappa shape index (κ2) is 9.53. The van der Waals surface area contributed by atoms with Gasteiger partial charge in [-0.3, -0.25) is 0 Å². The zero-order valence-corrected chi connectivity index (χ0v) is 15.8. The van der Waals surface area contributed by atoms with Crippen LogP contribution in [0.3, 0.4) is 0 Å². The molecule has 2 aromatic rings. The third kappa shape index (κ3) is 6.84. The summed E-state index contributed by atoms with van der Waals surface area (Å²) in [5.41, 5.74) is 2.35. The van der Waals surface area contributed by atoms with Crippen LogP contribution in [-0.4, -0.2) is 35.3 Å². The van der Waals surface area contributed by atoms with Crippen molar-refractivity contribution in [1.82, 2.24) is 10.3 Å². The van der Waals surface area contributed by atoms with Crippen molar-refractivity contribution < 1.29 is 14.6 Å². The highest BCUT2D eigenvalue weighted by molar-refractivity contribution is 7.09. The topological polar surface area (TPSA) is 71.5 Å². The molecule has 6 heteroatoms. The Balaban J connectivity index is 1.72. The standard InChI is InChI=1S/C19H26N2O3S/c1-13(2)19-21-16(12-25-19)8-9-20-14(3)10-15-4-6-17(7-5-15)24-11-18(22)23/h4-7,12-14,20H,8-11H2,1-3H3,(H,22,23). The zero-order chi connectivity index (χ0) is 18.2. The fraction of sp³-hybridized carbons (Fsp3) is 0.474. The minimum absolute atomic E-state index is 0.313. The maximum atomic E-state index is 10.5. The first-order valence-electron chi connectivity index (χ1n) is 8.55. The summed E-state index contributed by atoms with van der Waals surface area (Å²) < 4.78 is 5.14. The molecule has 0 aliphatic rings. The van der Waals surface area contributed by atoms with Crippen molar-refractivity contribution in [2.75, 3.05) is 13.2 Å². The maximum absolute atomic E-state index is 10.5. The fourth-order valence-electron chi connectivity index (χ4n) is 2.44. The minimum Gasteiger partial charge on any atom is -0.482 e. The summed E-state index contributed by atoms with van der Waals surface area (Å²) in [6.45, 7) is 7.09. The number of carboxylic acid groups (broad SMARTS) is 1. The lowest BCUT2D eigenvalue weighted by atomic mass is 10.1. The Bertz CT molecular complexity index is 668. The Morgan fingerprint density at radius 1 is 1.28 bits per heavy atom. The van der Waals surface area contributed by atoms with Crippen molar-refractivity contribution in [3.8, 4) is 5.75 Å². The quantitative estimate of drug-likeness (QED) is 0.677. The van der Waals surface area contributed by atoms with E-state index in [9.17, 15) is 4.79 Å². The molecule has 5 nitrogen and oxygen atoms in total. The molecule has 0 aliphatic carbocycles. The van der Waals surface area contributed by atoms with E-state index in [1.807, 2.05) is 24.3 Å². The summed E-state index contributed by atoms with van der Waals surface area (Å²) in [5, 5.41) is 15.5. The molecule has 1 heterocycles. The molecule has 0 aliphatic heterocycles. The zero-order valence-electron chi connectivity index (χ0n) is 15.0. The number of nitrogens with zero attached hydrogens (tertiary/aromatic N) is 1. The molecule has 136 valence electrons. The summed E-state index contributed by atoms with van der Waals surface area (Å²) in [5.74, 6) is 0.104. The van der Waals surface area contributed by atoms with Crippen molar-refractivity contribution in [1.29, 1.82) is 0 Å². The van der Waals surface area contributed by atoms with Gasteiger partial charge in [-0.2, -0.15) is 0 Å². The van der Waals surface area contributed by atoms with Crippen LogP contribution in [0.1, 0.15) is 43.0 Å². The highest BCUT2D eigenvalue weighted by Crippen LogP contribution is 2.19. The van der Waals surface area contributed by atoms with Crippen LogP contribution < -0.4 is 10.1 Å². The van der Waals surface area contributed by atoms with E-state index in [0.29, 0.717) is 17.7 Å². The summed E-state index contributed by atoms with van der Waals surface area (Å²) in [4.78, 5) is 15.1. The number of nitrogens with one attached hydrogen (secondary N) is 1. The van der Waals surface area contributed by atoms with Gasteiger partial charge in [0, 0.05) is 30.3 Å². The molecule has 1 unspecified atom stereocenters. The lowest BCUT2D eigenvalue weighted by Crippen LogP contribution is -2.30. The average molecular weight is 362 g/mol. The number of carbonyl (C=O) groups is 1. The molecule has 0 saturated carbocycles. The Labute approximate surface area is 153 Å². The molecule has 0 amide bonds. The predicted octanol–water partition coefficient (Wildman–Crippen LogP) is 3.49. The van der Waals surface area contributed by atoms with Crippen molar-refractivity contribution in [2.45, 2.75) is 45.6 Å². The first-order valence-corrected chi connectivity index (χ1v) is 9.43. The number of aliphatic carboxylic acids is 1. The van der Waals surface area contributed by atoms with Crippen LogP contribution in [0.15, 0.2) is 29.6 Å². The first-order chi connectivity index (χ1) is 11.9. The van der Waals surface area contributed by atoms with Gasteiger partial charge >= 0.3 is 5.97 Å². The van der Waals surface area contributed by atoms with Gasteiger partial charge in [0.25, 0.3) is 0 Å². The van der Waals surface area contributed by atoms with Gasteiger partial charge in [-0.25, -0.2) is 9.78 Å². The Morgan fingerprint density at radius 2 is 2.00 bits per heavy atom. The lowest BCUT2D eigenvalue weighted by Gasteiger charge is -2.14. The van der Waals surface area contributed by atoms with Gasteiger partial charge in [0.05, 0.1) is 10.7 Å². The molecule has 1 aromatic carbocycles. The number of hydrogen-bond donors (Lipinski definition) is 2. The number of rotatable bonds is 10. The van der Waals surface area contributed by atoms with Gasteiger partial charge in [-0.1, -0.05) is 26.0 Å². The molecule has 25 heavy (non-hydrogen) atoms. The van der Waals surface area contributed by atoms with Gasteiger partial charge in [-0.15, -0.1) is 11.3 Å². The van der Waals surface area contributed by atoms with Gasteiger partial charge < -0.3 is 15.2 Å². The van der Waals surface area contributed by atoms with Gasteiger partial charge in [-0.05, 0) is 31.0 Å². The number of ether oxygens (including phenoxy) is 1. The molecule has 0 saturated heterocycles. The van der Waals surface area contributed by atoms with Gasteiger partial charge in [0.1, 0.15) is 5.75 Å². The maximum Gasteiger partial charge on any atom is 0.341 e. The van der Waals surface area contributed by atoms with Crippen molar-refractivity contribution in [3.63, 3.8) is 0 Å². The highest BCUT2D eigenvalue weighted by Gasteiger charge is 2.07. The van der Waals surface area contributed by atoms with Crippen LogP contribution in [0, 0.1) is 0 Å². The largest absolute Gasteiger partial charge is 0.482 e. The number of aromatic nitrogens is 1. The average Bonchev–Trinajstić information content (AvgIpc) is 3.03. The third-order valence-electron chi connectivity index (χ3n) is 3.76. The first kappa shape index (κ1) is 19.4. The number of hydrogen-bond acceptors (Lipinski definition) is 5. The molecule has 2 rings (SSSR count). The molecular weight excluding hydrogens is 336 g/mol. The molecule has 1 aromatic heterocycles. The van der Waals surface area contributed by atoms with Crippen LogP contribution in [0.5, 0.6) is 5.75 Å². The predicted molar refractivity (Wildman–Crippen MR) is 101 cm³/mol. The fourth-order valence-corrected chi connectivity index (χ4v) is 3.31. The van der Waals surface area contributed by atoms with Crippen LogP contribution in [0.25, 0.3) is 0 Å². The van der Waals surface area contributed by atoms with Crippen molar-refractivity contribution >= 4 is 17.3 Å². The second-order valence-electron chi connectivity index (χ2n) is 6.47. The molecule has 0 radical (unpaired) electrons. The van der Waals surface area contributed by atoms with E-state index in [1.165, 1.54) is 10.6 Å². The van der Waals surface area contributed by atoms with E-state index in [0.717, 1.165) is 25.1 Å². The summed E-state index contributed by atoms with van der Waals surface area (Å²) in [6, 6.07) is 7.94. The number of benzene rings is 1. The van der Waals surface area contributed by atoms with Crippen molar-refractivity contribution in [3.05, 3.63) is 45.9 Å². The monoisotopic (exact) mass is 362 g/mol. The third-order valence-corrected chi connectivity index (χ3v) is 4.96. The molecule has 0 bridgehead atoms. The number of carboxylic acids is 1. The normalized spacial score (nSPS) is 12.3. The SMILES string of the molecule is CC(Cc1ccc(OCC(=O)O)cc1)NCCc1csc(C(C)C)n1. The molecule has 2 N–H and O–H groups in total. The second-order valence-corrected chi connectivity index (χ2v) is 7.36. The van der Waals surface area contributed by atoms with E-state index < -0.39 is 5.97 Å². The lowest BCUT2D eigenvalue weighted by molar-refractivity contribution is -0.139. The van der Waals surface area contributed by atoms with E-state index in [1.54, 1.807) is 11.3 Å². The van der Waals surface area contributed by atoms with Gasteiger partial charge in [0.15, 0.2) is 6.61 Å². The van der Waals surface area contributed by atoms with Gasteiger partial charge in [0.2, 0.25) is 0 Å². The van der Waals surface area contributed by atoms with Crippen molar-refractivity contribution in [2.24, 2.45) is 0 Å². The minimum atomic E-state index is -0.970. The summed E-state index contributed by atoms with van der Waals surface area (Å²) in [6.07, 6.45) is 1.85. The smallest absolute Gasteiger partial charge is 0.341 e. The molecular formula is C19H26N2O3S. The Kier molecular flexibility index (Phi) is 7.40. The molecule has 1 atom stereocenters. The Hall–Kier alpha value is -1.92. The van der Waals surface area contributed by atoms with Crippen LogP contribution in [-0.2, 0) is 17.6 Å². The van der Waals surface area contributed by atoms with E-state index in [4.69, 9.17) is 9.84 Å². The molecule has 0 spiro atoms. The van der Waals surface area contributed by atoms with Crippen LogP contribution in [0.4, 0.5) is 0 Å². The van der Waals surface area contributed by atoms with Crippen LogP contribution in [0.2, 0.25) is 0 Å². The molecule has 0 fully saturated rings. The van der Waals surface area contributed by atoms with E-state index >= 15 is 0 Å². The number of thiazole rings is 1. The van der Waals surface area contributed by atoms with E-state index in [2.05, 4.69) is 36.5 Å². The Morgan fingerprint density at radius 3 is 2.60 bits per heavy atom. The summed E-state index contributed by atoms with van der Waals surface area (Å²) in [7, 11) is 0. The van der Waals surface area contributed by atoms with Crippen LogP contribution >= 0.6 is 11.3 Å². The van der Waals surface area contributed by atoms with E-state index in [-0.39, 0.29) is 6.61 Å². The summed E-state index contributed by atoms with van der Waals surface area (Å²) >= 11 is 1.74.